The van der Waals surface area contributed by atoms with Crippen LogP contribution in [-0.4, -0.2) is 15.6 Å². The molecule has 2 aromatic carbocycles. The number of rotatable bonds is 2. The third-order valence-electron chi connectivity index (χ3n) is 5.11. The van der Waals surface area contributed by atoms with Gasteiger partial charge >= 0.3 is 0 Å². The predicted octanol–water partition coefficient (Wildman–Crippen LogP) is 4.69. The molecule has 0 unspecified atom stereocenters. The number of carbonyl (C=O) groups excluding carboxylic acids is 1. The molecule has 1 aliphatic rings. The lowest BCUT2D eigenvalue weighted by Crippen LogP contribution is -2.27. The number of Topliss-reactive ketones (excluding diaryl/α,β-unsaturated/α-hetero) is 1. The number of hydrogen-bond acceptors (Lipinski definition) is 2. The zero-order valence-electron chi connectivity index (χ0n) is 14.2. The topological polar surface area (TPSA) is 34.9 Å². The smallest absolute Gasteiger partial charge is 0.170 e. The fourth-order valence-corrected chi connectivity index (χ4v) is 3.46. The van der Waals surface area contributed by atoms with Crippen LogP contribution in [0.5, 0.6) is 0 Å². The molecular weight excluding hydrogens is 315 g/mol. The van der Waals surface area contributed by atoms with Crippen LogP contribution in [0.3, 0.4) is 0 Å². The van der Waals surface area contributed by atoms with Crippen molar-refractivity contribution in [3.05, 3.63) is 71.7 Å². The first kappa shape index (κ1) is 15.8. The second-order valence-corrected chi connectivity index (χ2v) is 6.76. The molecule has 0 fully saturated rings. The van der Waals surface area contributed by atoms with Crippen molar-refractivity contribution in [1.29, 1.82) is 0 Å². The minimum absolute atomic E-state index is 0.0416. The molecule has 0 N–H and O–H groups in total. The maximum absolute atomic E-state index is 13.4. The first-order valence-electron chi connectivity index (χ1n) is 8.53. The highest BCUT2D eigenvalue weighted by Gasteiger charge is 2.36. The van der Waals surface area contributed by atoms with Gasteiger partial charge in [-0.3, -0.25) is 4.79 Å². The Hall–Kier alpha value is -2.75. The highest BCUT2D eigenvalue weighted by molar-refractivity contribution is 6.05. The van der Waals surface area contributed by atoms with E-state index in [1.807, 2.05) is 41.9 Å². The first-order chi connectivity index (χ1) is 12.1. The van der Waals surface area contributed by atoms with E-state index >= 15 is 0 Å². The van der Waals surface area contributed by atoms with Gasteiger partial charge < -0.3 is 0 Å². The van der Waals surface area contributed by atoms with Crippen LogP contribution in [0, 0.1) is 17.7 Å². The molecule has 25 heavy (non-hydrogen) atoms. The standard InChI is InChI=1S/C21H19FN2O/c1-13-12-18-19(21(25)14(13)2)20(15-8-10-16(22)11-9-15)24(23-18)17-6-4-3-5-7-17/h3-11,13-14H,12H2,1-2H3/t13-,14+/m1/s1. The summed E-state index contributed by atoms with van der Waals surface area (Å²) in [6.07, 6.45) is 0.774. The maximum atomic E-state index is 13.4. The van der Waals surface area contributed by atoms with E-state index in [2.05, 4.69) is 6.92 Å². The molecule has 0 saturated heterocycles. The number of nitrogens with zero attached hydrogens (tertiary/aromatic N) is 2. The van der Waals surface area contributed by atoms with Crippen LogP contribution >= 0.6 is 0 Å². The van der Waals surface area contributed by atoms with E-state index < -0.39 is 0 Å². The normalized spacial score (nSPS) is 19.7. The van der Waals surface area contributed by atoms with Gasteiger partial charge in [0.15, 0.2) is 5.78 Å². The average molecular weight is 334 g/mol. The molecular formula is C21H19FN2O. The second kappa shape index (κ2) is 5.96. The number of ketones is 1. The molecule has 1 aromatic heterocycles. The molecule has 126 valence electrons. The number of fused-ring (bicyclic) bond motifs is 1. The van der Waals surface area contributed by atoms with E-state index in [0.717, 1.165) is 29.1 Å². The third kappa shape index (κ3) is 2.58. The molecule has 1 aliphatic carbocycles. The Labute approximate surface area is 146 Å². The van der Waals surface area contributed by atoms with Crippen molar-refractivity contribution in [2.45, 2.75) is 20.3 Å². The molecule has 1 heterocycles. The summed E-state index contributed by atoms with van der Waals surface area (Å²) < 4.78 is 15.2. The summed E-state index contributed by atoms with van der Waals surface area (Å²) >= 11 is 0. The fourth-order valence-electron chi connectivity index (χ4n) is 3.46. The molecule has 0 radical (unpaired) electrons. The minimum Gasteiger partial charge on any atom is -0.294 e. The second-order valence-electron chi connectivity index (χ2n) is 6.76. The number of hydrogen-bond donors (Lipinski definition) is 0. The van der Waals surface area contributed by atoms with Crippen molar-refractivity contribution in [1.82, 2.24) is 9.78 Å². The molecule has 0 aliphatic heterocycles. The molecule has 0 saturated carbocycles. The van der Waals surface area contributed by atoms with Gasteiger partial charge in [0.25, 0.3) is 0 Å². The summed E-state index contributed by atoms with van der Waals surface area (Å²) in [6, 6.07) is 16.0. The highest BCUT2D eigenvalue weighted by atomic mass is 19.1. The van der Waals surface area contributed by atoms with Crippen molar-refractivity contribution in [2.75, 3.05) is 0 Å². The molecule has 4 heteroatoms. The van der Waals surface area contributed by atoms with Crippen LogP contribution < -0.4 is 0 Å². The quantitative estimate of drug-likeness (QED) is 0.681. The number of carbonyl (C=O) groups is 1. The van der Waals surface area contributed by atoms with Gasteiger partial charge in [0, 0.05) is 11.5 Å². The van der Waals surface area contributed by atoms with E-state index in [9.17, 15) is 9.18 Å². The Balaban J connectivity index is 2.00. The van der Waals surface area contributed by atoms with Crippen LogP contribution in [0.15, 0.2) is 54.6 Å². The maximum Gasteiger partial charge on any atom is 0.170 e. The van der Waals surface area contributed by atoms with Gasteiger partial charge in [-0.1, -0.05) is 32.0 Å². The van der Waals surface area contributed by atoms with Gasteiger partial charge in [-0.25, -0.2) is 9.07 Å². The monoisotopic (exact) mass is 334 g/mol. The van der Waals surface area contributed by atoms with E-state index in [-0.39, 0.29) is 23.4 Å². The summed E-state index contributed by atoms with van der Waals surface area (Å²) in [7, 11) is 0. The van der Waals surface area contributed by atoms with Crippen LogP contribution in [0.25, 0.3) is 16.9 Å². The Bertz CT molecular complexity index is 929. The van der Waals surface area contributed by atoms with Gasteiger partial charge in [0.2, 0.25) is 0 Å². The Kier molecular flexibility index (Phi) is 3.75. The lowest BCUT2D eigenvalue weighted by molar-refractivity contribution is 0.0877. The summed E-state index contributed by atoms with van der Waals surface area (Å²) in [5, 5.41) is 4.76. The Morgan fingerprint density at radius 1 is 1.04 bits per heavy atom. The van der Waals surface area contributed by atoms with Crippen molar-refractivity contribution < 1.29 is 9.18 Å². The summed E-state index contributed by atoms with van der Waals surface area (Å²) in [5.74, 6) is 0.0484. The first-order valence-corrected chi connectivity index (χ1v) is 8.53. The summed E-state index contributed by atoms with van der Waals surface area (Å²) in [6.45, 7) is 4.06. The number of aromatic nitrogens is 2. The molecule has 0 spiro atoms. The van der Waals surface area contributed by atoms with E-state index in [4.69, 9.17) is 5.10 Å². The minimum atomic E-state index is -0.295. The molecule has 3 aromatic rings. The van der Waals surface area contributed by atoms with Crippen molar-refractivity contribution in [3.63, 3.8) is 0 Å². The third-order valence-corrected chi connectivity index (χ3v) is 5.11. The van der Waals surface area contributed by atoms with Gasteiger partial charge in [-0.2, -0.15) is 5.10 Å². The summed E-state index contributed by atoms with van der Waals surface area (Å²) in [5.41, 5.74) is 3.96. The molecule has 4 rings (SSSR count). The highest BCUT2D eigenvalue weighted by Crippen LogP contribution is 2.37. The van der Waals surface area contributed by atoms with Crippen LogP contribution in [0.1, 0.15) is 29.9 Å². The van der Waals surface area contributed by atoms with E-state index in [1.165, 1.54) is 12.1 Å². The van der Waals surface area contributed by atoms with Crippen molar-refractivity contribution >= 4 is 5.78 Å². The van der Waals surface area contributed by atoms with Crippen molar-refractivity contribution in [2.24, 2.45) is 11.8 Å². The van der Waals surface area contributed by atoms with Gasteiger partial charge in [-0.05, 0) is 48.7 Å². The SMILES string of the molecule is C[C@@H]1Cc2nn(-c3ccccc3)c(-c3ccc(F)cc3)c2C(=O)[C@H]1C. The van der Waals surface area contributed by atoms with Gasteiger partial charge in [0.1, 0.15) is 5.82 Å². The molecule has 0 amide bonds. The lowest BCUT2D eigenvalue weighted by atomic mass is 9.78. The molecule has 0 bridgehead atoms. The Morgan fingerprint density at radius 2 is 1.72 bits per heavy atom. The number of benzene rings is 2. The zero-order chi connectivity index (χ0) is 17.6. The molecule has 2 atom stereocenters. The number of halogens is 1. The largest absolute Gasteiger partial charge is 0.294 e. The van der Waals surface area contributed by atoms with Crippen LogP contribution in [0.4, 0.5) is 4.39 Å². The molecule has 3 nitrogen and oxygen atoms in total. The zero-order valence-corrected chi connectivity index (χ0v) is 14.2. The average Bonchev–Trinajstić information content (AvgIpc) is 3.00. The fraction of sp³-hybridized carbons (Fsp3) is 0.238. The van der Waals surface area contributed by atoms with Crippen LogP contribution in [-0.2, 0) is 6.42 Å². The Morgan fingerprint density at radius 3 is 2.40 bits per heavy atom. The van der Waals surface area contributed by atoms with Gasteiger partial charge in [0.05, 0.1) is 22.6 Å². The van der Waals surface area contributed by atoms with Crippen molar-refractivity contribution in [3.8, 4) is 16.9 Å². The number of para-hydroxylation sites is 1. The van der Waals surface area contributed by atoms with E-state index in [0.29, 0.717) is 5.56 Å². The lowest BCUT2D eigenvalue weighted by Gasteiger charge is -2.23. The van der Waals surface area contributed by atoms with Crippen LogP contribution in [0.2, 0.25) is 0 Å². The van der Waals surface area contributed by atoms with E-state index in [1.54, 1.807) is 12.1 Å². The predicted molar refractivity (Wildman–Crippen MR) is 95.3 cm³/mol. The summed E-state index contributed by atoms with van der Waals surface area (Å²) in [4.78, 5) is 13.0. The van der Waals surface area contributed by atoms with Gasteiger partial charge in [-0.15, -0.1) is 0 Å².